The molecule has 2 aliphatic heterocycles. The number of azide groups is 1. The Hall–Kier alpha value is -2.41. The predicted octanol–water partition coefficient (Wildman–Crippen LogP) is 3.28. The third-order valence-corrected chi connectivity index (χ3v) is 4.63. The summed E-state index contributed by atoms with van der Waals surface area (Å²) in [7, 11) is 1.58. The molecule has 8 nitrogen and oxygen atoms in total. The summed E-state index contributed by atoms with van der Waals surface area (Å²) in [5.41, 5.74) is 9.96. The molecule has 0 spiro atoms. The summed E-state index contributed by atoms with van der Waals surface area (Å²) in [6.45, 7) is 3.86. The zero-order chi connectivity index (χ0) is 17.6. The molecule has 1 aliphatic carbocycles. The van der Waals surface area contributed by atoms with Crippen molar-refractivity contribution in [2.24, 2.45) is 5.11 Å². The molecule has 3 aliphatic rings. The Morgan fingerprint density at radius 2 is 2.08 bits per heavy atom. The normalized spacial score (nSPS) is 31.3. The average Bonchev–Trinajstić information content (AvgIpc) is 3.17. The molecule has 8 heteroatoms. The molecule has 2 heterocycles. The Labute approximate surface area is 144 Å². The van der Waals surface area contributed by atoms with Crippen molar-refractivity contribution in [3.8, 4) is 17.2 Å². The Balaban J connectivity index is 1.75. The highest BCUT2D eigenvalue weighted by atomic mass is 16.8. The van der Waals surface area contributed by atoms with E-state index in [2.05, 4.69) is 10.0 Å². The molecule has 0 saturated carbocycles. The van der Waals surface area contributed by atoms with Crippen LogP contribution in [0.25, 0.3) is 10.4 Å². The van der Waals surface area contributed by atoms with Gasteiger partial charge in [-0.3, -0.25) is 0 Å². The van der Waals surface area contributed by atoms with Crippen molar-refractivity contribution in [2.75, 3.05) is 13.9 Å². The summed E-state index contributed by atoms with van der Waals surface area (Å²) in [4.78, 5) is 3.03. The molecule has 1 fully saturated rings. The highest BCUT2D eigenvalue weighted by molar-refractivity contribution is 5.56. The molecule has 0 amide bonds. The number of methoxy groups -OCH3 is 1. The third-order valence-electron chi connectivity index (χ3n) is 4.63. The van der Waals surface area contributed by atoms with Crippen molar-refractivity contribution < 1.29 is 23.7 Å². The minimum absolute atomic E-state index is 0.158. The van der Waals surface area contributed by atoms with Crippen molar-refractivity contribution in [3.05, 3.63) is 40.3 Å². The molecule has 0 N–H and O–H groups in total. The summed E-state index contributed by atoms with van der Waals surface area (Å²) >= 11 is 0. The van der Waals surface area contributed by atoms with Crippen LogP contribution < -0.4 is 14.2 Å². The number of hydrogen-bond acceptors (Lipinski definition) is 6. The maximum Gasteiger partial charge on any atom is 0.231 e. The quantitative estimate of drug-likeness (QED) is 0.363. The van der Waals surface area contributed by atoms with Crippen molar-refractivity contribution in [1.29, 1.82) is 0 Å². The van der Waals surface area contributed by atoms with Crippen molar-refractivity contribution in [3.63, 3.8) is 0 Å². The first-order chi connectivity index (χ1) is 12.0. The second-order valence-corrected chi connectivity index (χ2v) is 6.63. The second-order valence-electron chi connectivity index (χ2n) is 6.63. The van der Waals surface area contributed by atoms with Crippen LogP contribution in [0.2, 0.25) is 0 Å². The number of benzene rings is 1. The van der Waals surface area contributed by atoms with E-state index in [0.717, 1.165) is 5.56 Å². The topological polar surface area (TPSA) is 94.9 Å². The summed E-state index contributed by atoms with van der Waals surface area (Å²) < 4.78 is 28.2. The fraction of sp³-hybridized carbons (Fsp3) is 0.529. The van der Waals surface area contributed by atoms with Gasteiger partial charge in [-0.1, -0.05) is 17.3 Å². The average molecular weight is 345 g/mol. The van der Waals surface area contributed by atoms with Gasteiger partial charge in [0.25, 0.3) is 0 Å². The predicted molar refractivity (Wildman–Crippen MR) is 87.8 cm³/mol. The summed E-state index contributed by atoms with van der Waals surface area (Å²) in [6.07, 6.45) is 3.36. The van der Waals surface area contributed by atoms with Gasteiger partial charge < -0.3 is 23.7 Å². The monoisotopic (exact) mass is 345 g/mol. The molecule has 0 bridgehead atoms. The van der Waals surface area contributed by atoms with Crippen LogP contribution >= 0.6 is 0 Å². The molecule has 1 aromatic rings. The van der Waals surface area contributed by atoms with Gasteiger partial charge in [0.1, 0.15) is 12.2 Å². The molecule has 132 valence electrons. The first kappa shape index (κ1) is 16.1. The summed E-state index contributed by atoms with van der Waals surface area (Å²) in [6, 6.07) is 3.33. The second kappa shape index (κ2) is 5.84. The van der Waals surface area contributed by atoms with Gasteiger partial charge in [0.15, 0.2) is 17.3 Å². The van der Waals surface area contributed by atoms with Crippen LogP contribution in [-0.4, -0.2) is 37.9 Å². The first-order valence-electron chi connectivity index (χ1n) is 8.08. The lowest BCUT2D eigenvalue weighted by atomic mass is 9.82. The van der Waals surface area contributed by atoms with E-state index in [0.29, 0.717) is 17.2 Å². The lowest BCUT2D eigenvalue weighted by Crippen LogP contribution is -2.39. The van der Waals surface area contributed by atoms with E-state index in [9.17, 15) is 0 Å². The van der Waals surface area contributed by atoms with Crippen LogP contribution in [0.5, 0.6) is 17.2 Å². The van der Waals surface area contributed by atoms with Crippen LogP contribution in [0, 0.1) is 0 Å². The van der Waals surface area contributed by atoms with E-state index in [1.807, 2.05) is 38.1 Å². The number of rotatable bonds is 3. The molecule has 4 atom stereocenters. The van der Waals surface area contributed by atoms with Gasteiger partial charge in [-0.05, 0) is 37.1 Å². The number of ether oxygens (including phenoxy) is 5. The SMILES string of the molecule is COc1cc([C@H]2C=C[C@H]3OC(C)(C)O[C@H]3[C@@H]2N=[N+]=[N-])cc2c1OCO2. The van der Waals surface area contributed by atoms with Gasteiger partial charge in [-0.15, -0.1) is 0 Å². The molecule has 0 unspecified atom stereocenters. The molecule has 0 aromatic heterocycles. The maximum absolute atomic E-state index is 9.06. The van der Waals surface area contributed by atoms with E-state index in [1.165, 1.54) is 0 Å². The molecule has 25 heavy (non-hydrogen) atoms. The fourth-order valence-electron chi connectivity index (χ4n) is 3.63. The number of hydrogen-bond donors (Lipinski definition) is 0. The van der Waals surface area contributed by atoms with Crippen molar-refractivity contribution in [1.82, 2.24) is 0 Å². The summed E-state index contributed by atoms with van der Waals surface area (Å²) in [5.74, 6) is 0.895. The van der Waals surface area contributed by atoms with Gasteiger partial charge in [0.05, 0.1) is 13.2 Å². The van der Waals surface area contributed by atoms with E-state index in [1.54, 1.807) is 7.11 Å². The van der Waals surface area contributed by atoms with Gasteiger partial charge in [0, 0.05) is 10.8 Å². The van der Waals surface area contributed by atoms with Crippen molar-refractivity contribution >= 4 is 0 Å². The van der Waals surface area contributed by atoms with E-state index < -0.39 is 11.8 Å². The fourth-order valence-corrected chi connectivity index (χ4v) is 3.63. The van der Waals surface area contributed by atoms with Crippen molar-refractivity contribution in [2.45, 2.75) is 43.8 Å². The van der Waals surface area contributed by atoms with Crippen LogP contribution in [-0.2, 0) is 9.47 Å². The Kier molecular flexibility index (Phi) is 3.76. The van der Waals surface area contributed by atoms with E-state index >= 15 is 0 Å². The molecule has 0 radical (unpaired) electrons. The zero-order valence-electron chi connectivity index (χ0n) is 14.2. The first-order valence-corrected chi connectivity index (χ1v) is 8.08. The van der Waals surface area contributed by atoms with Crippen LogP contribution in [0.15, 0.2) is 29.4 Å². The van der Waals surface area contributed by atoms with Gasteiger partial charge in [-0.2, -0.15) is 0 Å². The molecule has 1 aromatic carbocycles. The third kappa shape index (κ3) is 2.68. The van der Waals surface area contributed by atoms with Crippen LogP contribution in [0.4, 0.5) is 0 Å². The zero-order valence-corrected chi connectivity index (χ0v) is 14.2. The highest BCUT2D eigenvalue weighted by Crippen LogP contribution is 2.46. The van der Waals surface area contributed by atoms with Gasteiger partial charge in [0.2, 0.25) is 12.5 Å². The van der Waals surface area contributed by atoms with Crippen LogP contribution in [0.3, 0.4) is 0 Å². The number of fused-ring (bicyclic) bond motifs is 2. The molecular weight excluding hydrogens is 326 g/mol. The Morgan fingerprint density at radius 1 is 1.24 bits per heavy atom. The Bertz CT molecular complexity index is 772. The standard InChI is InChI=1S/C17H19N3O5/c1-17(2)24-11-5-4-10(14(19-20-18)16(11)25-17)9-6-12(21-3)15-13(7-9)22-8-23-15/h4-7,10-11,14,16H,8H2,1-3H3/t10-,11-,14-,16-/m1/s1. The van der Waals surface area contributed by atoms with Gasteiger partial charge >= 0.3 is 0 Å². The van der Waals surface area contributed by atoms with Gasteiger partial charge in [-0.25, -0.2) is 0 Å². The molecule has 4 rings (SSSR count). The molecule has 1 saturated heterocycles. The lowest BCUT2D eigenvalue weighted by Gasteiger charge is -2.31. The lowest BCUT2D eigenvalue weighted by molar-refractivity contribution is -0.144. The largest absolute Gasteiger partial charge is 0.493 e. The Morgan fingerprint density at radius 3 is 2.84 bits per heavy atom. The van der Waals surface area contributed by atoms with E-state index in [4.69, 9.17) is 29.2 Å². The number of nitrogens with zero attached hydrogens (tertiary/aromatic N) is 3. The minimum Gasteiger partial charge on any atom is -0.493 e. The van der Waals surface area contributed by atoms with E-state index in [-0.39, 0.29) is 24.9 Å². The minimum atomic E-state index is -0.718. The van der Waals surface area contributed by atoms with Crippen LogP contribution in [0.1, 0.15) is 25.3 Å². The maximum atomic E-state index is 9.06. The smallest absolute Gasteiger partial charge is 0.231 e. The summed E-state index contributed by atoms with van der Waals surface area (Å²) in [5, 5.41) is 4.01. The highest BCUT2D eigenvalue weighted by Gasteiger charge is 2.48. The molecular formula is C17H19N3O5.